The van der Waals surface area contributed by atoms with Gasteiger partial charge in [-0.15, -0.1) is 0 Å². The molecule has 7 heteroatoms. The zero-order chi connectivity index (χ0) is 17.8. The molecule has 1 aromatic heterocycles. The van der Waals surface area contributed by atoms with Gasteiger partial charge in [0.1, 0.15) is 5.82 Å². The number of aromatic nitrogens is 2. The summed E-state index contributed by atoms with van der Waals surface area (Å²) >= 11 is 0. The number of aryl methyl sites for hydroxylation is 1. The van der Waals surface area contributed by atoms with E-state index in [1.165, 1.54) is 0 Å². The molecule has 7 nitrogen and oxygen atoms in total. The quantitative estimate of drug-likeness (QED) is 0.675. The van der Waals surface area contributed by atoms with Gasteiger partial charge in [-0.1, -0.05) is 19.1 Å². The van der Waals surface area contributed by atoms with Gasteiger partial charge >= 0.3 is 5.97 Å². The average molecular weight is 344 g/mol. The lowest BCUT2D eigenvalue weighted by Crippen LogP contribution is -2.54. The Bertz CT molecular complexity index is 719. The molecule has 1 amide bonds. The maximum atomic E-state index is 12.1. The van der Waals surface area contributed by atoms with Gasteiger partial charge in [0.05, 0.1) is 17.6 Å². The molecule has 1 heterocycles. The van der Waals surface area contributed by atoms with Gasteiger partial charge < -0.3 is 15.4 Å². The van der Waals surface area contributed by atoms with Crippen LogP contribution in [0, 0.1) is 0 Å². The van der Waals surface area contributed by atoms with E-state index in [1.54, 1.807) is 0 Å². The number of fused-ring (bicyclic) bond motifs is 1. The minimum Gasteiger partial charge on any atom is -0.480 e. The number of aliphatic carboxylic acids is 1. The van der Waals surface area contributed by atoms with Crippen molar-refractivity contribution in [2.45, 2.75) is 44.7 Å². The molecule has 0 bridgehead atoms. The Morgan fingerprint density at radius 3 is 2.80 bits per heavy atom. The Morgan fingerprint density at radius 1 is 1.36 bits per heavy atom. The molecule has 0 spiro atoms. The van der Waals surface area contributed by atoms with Crippen LogP contribution in [0.3, 0.4) is 0 Å². The molecule has 1 saturated carbocycles. The molecule has 0 atom stereocenters. The number of H-pyrrole nitrogens is 1. The fourth-order valence-electron chi connectivity index (χ4n) is 3.33. The molecule has 25 heavy (non-hydrogen) atoms. The van der Waals surface area contributed by atoms with Gasteiger partial charge in [-0.3, -0.25) is 14.5 Å². The van der Waals surface area contributed by atoms with Crippen molar-refractivity contribution >= 4 is 22.9 Å². The van der Waals surface area contributed by atoms with Crippen LogP contribution in [0.15, 0.2) is 24.3 Å². The lowest BCUT2D eigenvalue weighted by Gasteiger charge is -2.42. The molecular weight excluding hydrogens is 320 g/mol. The molecule has 2 aromatic rings. The molecule has 1 aromatic carbocycles. The van der Waals surface area contributed by atoms with Crippen molar-refractivity contribution in [3.63, 3.8) is 0 Å². The first-order chi connectivity index (χ1) is 12.0. The first-order valence-corrected chi connectivity index (χ1v) is 8.74. The minimum absolute atomic E-state index is 0.0187. The standard InChI is InChI=1S/C18H24N4O3/c1-2-22(11-18(24)25)13-9-12(10-13)19-17(23)8-7-16-20-14-5-3-4-6-15(14)21-16/h3-6,12-13H,2,7-11H2,1H3,(H,19,23)(H,20,21)(H,24,25). The number of amides is 1. The summed E-state index contributed by atoms with van der Waals surface area (Å²) in [4.78, 5) is 32.6. The van der Waals surface area contributed by atoms with Crippen LogP contribution in [0.25, 0.3) is 11.0 Å². The third kappa shape index (κ3) is 4.36. The van der Waals surface area contributed by atoms with E-state index in [1.807, 2.05) is 36.1 Å². The van der Waals surface area contributed by atoms with E-state index < -0.39 is 5.97 Å². The van der Waals surface area contributed by atoms with E-state index >= 15 is 0 Å². The van der Waals surface area contributed by atoms with Crippen LogP contribution in [0.2, 0.25) is 0 Å². The van der Waals surface area contributed by atoms with Crippen LogP contribution in [0.5, 0.6) is 0 Å². The second-order valence-electron chi connectivity index (χ2n) is 6.55. The molecule has 0 radical (unpaired) electrons. The molecular formula is C18H24N4O3. The van der Waals surface area contributed by atoms with Crippen LogP contribution in [0.4, 0.5) is 0 Å². The Labute approximate surface area is 146 Å². The van der Waals surface area contributed by atoms with Crippen LogP contribution < -0.4 is 5.32 Å². The Morgan fingerprint density at radius 2 is 2.12 bits per heavy atom. The molecule has 1 aliphatic carbocycles. The summed E-state index contributed by atoms with van der Waals surface area (Å²) in [5.41, 5.74) is 1.90. The first kappa shape index (κ1) is 17.4. The van der Waals surface area contributed by atoms with Crippen molar-refractivity contribution in [3.8, 4) is 0 Å². The predicted molar refractivity (Wildman–Crippen MR) is 94.3 cm³/mol. The number of rotatable bonds is 8. The fraction of sp³-hybridized carbons (Fsp3) is 0.500. The number of aromatic amines is 1. The van der Waals surface area contributed by atoms with E-state index in [0.29, 0.717) is 19.4 Å². The Balaban J connectivity index is 1.41. The summed E-state index contributed by atoms with van der Waals surface area (Å²) < 4.78 is 0. The zero-order valence-electron chi connectivity index (χ0n) is 14.4. The molecule has 0 unspecified atom stereocenters. The van der Waals surface area contributed by atoms with Crippen molar-refractivity contribution < 1.29 is 14.7 Å². The first-order valence-electron chi connectivity index (χ1n) is 8.74. The monoisotopic (exact) mass is 344 g/mol. The third-order valence-electron chi connectivity index (χ3n) is 4.77. The van der Waals surface area contributed by atoms with Crippen molar-refractivity contribution in [1.82, 2.24) is 20.2 Å². The molecule has 134 valence electrons. The molecule has 3 N–H and O–H groups in total. The highest BCUT2D eigenvalue weighted by molar-refractivity contribution is 5.77. The molecule has 3 rings (SSSR count). The zero-order valence-corrected chi connectivity index (χ0v) is 14.4. The Hall–Kier alpha value is -2.41. The molecule has 0 aliphatic heterocycles. The average Bonchev–Trinajstić information content (AvgIpc) is 2.96. The van der Waals surface area contributed by atoms with Crippen LogP contribution in [-0.4, -0.2) is 57.0 Å². The van der Waals surface area contributed by atoms with Gasteiger partial charge in [-0.05, 0) is 31.5 Å². The maximum Gasteiger partial charge on any atom is 0.317 e. The van der Waals surface area contributed by atoms with Gasteiger partial charge in [-0.2, -0.15) is 0 Å². The number of hydrogen-bond acceptors (Lipinski definition) is 4. The van der Waals surface area contributed by atoms with Gasteiger partial charge in [-0.25, -0.2) is 4.98 Å². The highest BCUT2D eigenvalue weighted by Crippen LogP contribution is 2.25. The number of carboxylic acids is 1. The Kier molecular flexibility index (Phi) is 5.33. The van der Waals surface area contributed by atoms with E-state index in [4.69, 9.17) is 5.11 Å². The van der Waals surface area contributed by atoms with E-state index in [2.05, 4.69) is 15.3 Å². The van der Waals surface area contributed by atoms with Crippen molar-refractivity contribution in [2.75, 3.05) is 13.1 Å². The maximum absolute atomic E-state index is 12.1. The number of carbonyl (C=O) groups is 2. The summed E-state index contributed by atoms with van der Waals surface area (Å²) in [5.74, 6) is 0.0341. The van der Waals surface area contributed by atoms with Gasteiger partial charge in [0.2, 0.25) is 5.91 Å². The van der Waals surface area contributed by atoms with Crippen LogP contribution >= 0.6 is 0 Å². The van der Waals surface area contributed by atoms with Crippen LogP contribution in [-0.2, 0) is 16.0 Å². The van der Waals surface area contributed by atoms with Crippen molar-refractivity contribution in [1.29, 1.82) is 0 Å². The highest BCUT2D eigenvalue weighted by Gasteiger charge is 2.34. The SMILES string of the molecule is CCN(CC(=O)O)C1CC(NC(=O)CCc2nc3ccccc3[nH]2)C1. The lowest BCUT2D eigenvalue weighted by atomic mass is 9.85. The van der Waals surface area contributed by atoms with Gasteiger partial charge in [0.25, 0.3) is 0 Å². The van der Waals surface area contributed by atoms with Crippen molar-refractivity contribution in [2.24, 2.45) is 0 Å². The van der Waals surface area contributed by atoms with Crippen LogP contribution in [0.1, 0.15) is 32.0 Å². The normalized spacial score (nSPS) is 19.8. The molecule has 0 saturated heterocycles. The number of benzene rings is 1. The van der Waals surface area contributed by atoms with Crippen molar-refractivity contribution in [3.05, 3.63) is 30.1 Å². The summed E-state index contributed by atoms with van der Waals surface area (Å²) in [7, 11) is 0. The summed E-state index contributed by atoms with van der Waals surface area (Å²) in [6.07, 6.45) is 2.61. The number of carbonyl (C=O) groups excluding carboxylic acids is 1. The van der Waals surface area contributed by atoms with E-state index in [-0.39, 0.29) is 24.5 Å². The number of imidazole rings is 1. The number of hydrogen-bond donors (Lipinski definition) is 3. The number of nitrogens with one attached hydrogen (secondary N) is 2. The van der Waals surface area contributed by atoms with Gasteiger partial charge in [0.15, 0.2) is 0 Å². The third-order valence-corrected chi connectivity index (χ3v) is 4.77. The van der Waals surface area contributed by atoms with Gasteiger partial charge in [0, 0.05) is 24.9 Å². The minimum atomic E-state index is -0.805. The largest absolute Gasteiger partial charge is 0.480 e. The fourth-order valence-corrected chi connectivity index (χ4v) is 3.33. The second-order valence-corrected chi connectivity index (χ2v) is 6.55. The lowest BCUT2D eigenvalue weighted by molar-refractivity contribution is -0.139. The number of carboxylic acid groups (broad SMARTS) is 1. The number of likely N-dealkylation sites (N-methyl/N-ethyl adjacent to an activating group) is 1. The predicted octanol–water partition coefficient (Wildman–Crippen LogP) is 1.55. The highest BCUT2D eigenvalue weighted by atomic mass is 16.4. The molecule has 1 fully saturated rings. The number of nitrogens with zero attached hydrogens (tertiary/aromatic N) is 2. The summed E-state index contributed by atoms with van der Waals surface area (Å²) in [6, 6.07) is 8.21. The second kappa shape index (κ2) is 7.65. The number of para-hydroxylation sites is 2. The van der Waals surface area contributed by atoms with E-state index in [0.717, 1.165) is 29.7 Å². The summed E-state index contributed by atoms with van der Waals surface area (Å²) in [6.45, 7) is 2.74. The topological polar surface area (TPSA) is 98.3 Å². The van der Waals surface area contributed by atoms with E-state index in [9.17, 15) is 9.59 Å². The smallest absolute Gasteiger partial charge is 0.317 e. The molecule has 1 aliphatic rings. The summed E-state index contributed by atoms with van der Waals surface area (Å²) in [5, 5.41) is 11.9.